The number of hydrogen-bond donors (Lipinski definition) is 0. The van der Waals surface area contributed by atoms with Crippen LogP contribution in [0.3, 0.4) is 0 Å². The van der Waals surface area contributed by atoms with Crippen molar-refractivity contribution in [3.05, 3.63) is 20.8 Å². The summed E-state index contributed by atoms with van der Waals surface area (Å²) in [6.07, 6.45) is 6.75. The molecule has 1 aliphatic heterocycles. The van der Waals surface area contributed by atoms with Crippen LogP contribution >= 0.6 is 27.3 Å². The minimum atomic E-state index is 0.319. The smallest absolute Gasteiger partial charge is 0.137 e. The number of halogens is 1. The maximum absolute atomic E-state index is 12.2. The summed E-state index contributed by atoms with van der Waals surface area (Å²) in [5.41, 5.74) is 0. The lowest BCUT2D eigenvalue weighted by Gasteiger charge is -2.32. The Morgan fingerprint density at radius 3 is 2.89 bits per heavy atom. The number of likely N-dealkylation sites (tertiary alicyclic amines) is 1. The number of carbonyl (C=O) groups is 1. The standard InChI is InChI=1S/C15H20BrNOS/c16-15-8-7-11(19-15)10-17-9-3-5-13(17)12-4-1-2-6-14(12)18/h7-8,12-13H,1-6,9-10H2. The Bertz CT molecular complexity index is 459. The van der Waals surface area contributed by atoms with Crippen LogP contribution in [0.15, 0.2) is 15.9 Å². The summed E-state index contributed by atoms with van der Waals surface area (Å²) < 4.78 is 1.20. The third kappa shape index (κ3) is 3.11. The molecule has 0 bridgehead atoms. The van der Waals surface area contributed by atoms with E-state index in [1.807, 2.05) is 11.3 Å². The monoisotopic (exact) mass is 341 g/mol. The van der Waals surface area contributed by atoms with Crippen LogP contribution in [0.1, 0.15) is 43.4 Å². The highest BCUT2D eigenvalue weighted by molar-refractivity contribution is 9.11. The zero-order chi connectivity index (χ0) is 13.2. The summed E-state index contributed by atoms with van der Waals surface area (Å²) in [4.78, 5) is 16.1. The third-order valence-electron chi connectivity index (χ3n) is 4.47. The van der Waals surface area contributed by atoms with Crippen molar-refractivity contribution >= 4 is 33.0 Å². The maximum atomic E-state index is 12.2. The summed E-state index contributed by atoms with van der Waals surface area (Å²) in [5.74, 6) is 0.843. The van der Waals surface area contributed by atoms with Crippen molar-refractivity contribution < 1.29 is 4.79 Å². The molecule has 104 valence electrons. The van der Waals surface area contributed by atoms with Gasteiger partial charge in [-0.2, -0.15) is 0 Å². The summed E-state index contributed by atoms with van der Waals surface area (Å²) in [5, 5.41) is 0. The van der Waals surface area contributed by atoms with Gasteiger partial charge in [0.25, 0.3) is 0 Å². The topological polar surface area (TPSA) is 20.3 Å². The van der Waals surface area contributed by atoms with Gasteiger partial charge in [-0.05, 0) is 60.3 Å². The number of ketones is 1. The van der Waals surface area contributed by atoms with Crippen molar-refractivity contribution in [1.29, 1.82) is 0 Å². The van der Waals surface area contributed by atoms with Gasteiger partial charge in [-0.1, -0.05) is 6.42 Å². The van der Waals surface area contributed by atoms with E-state index < -0.39 is 0 Å². The molecule has 1 aliphatic carbocycles. The van der Waals surface area contributed by atoms with Gasteiger partial charge in [-0.15, -0.1) is 11.3 Å². The minimum Gasteiger partial charge on any atom is -0.299 e. The van der Waals surface area contributed by atoms with Crippen LogP contribution in [0.5, 0.6) is 0 Å². The molecule has 1 saturated carbocycles. The lowest BCUT2D eigenvalue weighted by molar-refractivity contribution is -0.126. The third-order valence-corrected chi connectivity index (χ3v) is 6.08. The average Bonchev–Trinajstić information content (AvgIpc) is 3.00. The Balaban J connectivity index is 1.68. The Morgan fingerprint density at radius 2 is 2.16 bits per heavy atom. The predicted octanol–water partition coefficient (Wildman–Crippen LogP) is 4.23. The summed E-state index contributed by atoms with van der Waals surface area (Å²) in [6, 6.07) is 4.83. The largest absolute Gasteiger partial charge is 0.299 e. The van der Waals surface area contributed by atoms with Crippen molar-refractivity contribution in [2.75, 3.05) is 6.54 Å². The van der Waals surface area contributed by atoms with Crippen LogP contribution in [-0.2, 0) is 11.3 Å². The van der Waals surface area contributed by atoms with E-state index >= 15 is 0 Å². The van der Waals surface area contributed by atoms with Crippen LogP contribution < -0.4 is 0 Å². The number of nitrogens with zero attached hydrogens (tertiary/aromatic N) is 1. The van der Waals surface area contributed by atoms with Gasteiger partial charge in [0.05, 0.1) is 3.79 Å². The van der Waals surface area contributed by atoms with E-state index in [2.05, 4.69) is 33.0 Å². The Hall–Kier alpha value is -0.190. The molecule has 1 aromatic heterocycles. The fraction of sp³-hybridized carbons (Fsp3) is 0.667. The number of carbonyl (C=O) groups excluding carboxylic acids is 1. The van der Waals surface area contributed by atoms with E-state index in [-0.39, 0.29) is 0 Å². The fourth-order valence-corrected chi connectivity index (χ4v) is 5.07. The van der Waals surface area contributed by atoms with Gasteiger partial charge in [0.15, 0.2) is 0 Å². The van der Waals surface area contributed by atoms with Gasteiger partial charge < -0.3 is 0 Å². The Morgan fingerprint density at radius 1 is 1.26 bits per heavy atom. The molecular formula is C15H20BrNOS. The molecule has 0 radical (unpaired) electrons. The van der Waals surface area contributed by atoms with Crippen LogP contribution in [0.4, 0.5) is 0 Å². The van der Waals surface area contributed by atoms with E-state index in [1.165, 1.54) is 27.9 Å². The van der Waals surface area contributed by atoms with Crippen molar-refractivity contribution in [1.82, 2.24) is 4.90 Å². The van der Waals surface area contributed by atoms with E-state index in [0.717, 1.165) is 32.4 Å². The molecular weight excluding hydrogens is 322 g/mol. The van der Waals surface area contributed by atoms with Gasteiger partial charge in [0.2, 0.25) is 0 Å². The molecule has 0 N–H and O–H groups in total. The highest BCUT2D eigenvalue weighted by atomic mass is 79.9. The van der Waals surface area contributed by atoms with E-state index in [4.69, 9.17) is 0 Å². The molecule has 0 amide bonds. The number of rotatable bonds is 3. The quantitative estimate of drug-likeness (QED) is 0.819. The second-order valence-electron chi connectivity index (χ2n) is 5.70. The van der Waals surface area contributed by atoms with Crippen LogP contribution in [0.25, 0.3) is 0 Å². The zero-order valence-electron chi connectivity index (χ0n) is 11.1. The van der Waals surface area contributed by atoms with Crippen molar-refractivity contribution in [2.24, 2.45) is 5.92 Å². The minimum absolute atomic E-state index is 0.319. The molecule has 2 atom stereocenters. The number of thiophene rings is 1. The molecule has 2 nitrogen and oxygen atoms in total. The molecule has 0 spiro atoms. The second-order valence-corrected chi connectivity index (χ2v) is 8.25. The first-order chi connectivity index (χ1) is 9.24. The van der Waals surface area contributed by atoms with Gasteiger partial charge in [-0.25, -0.2) is 0 Å². The molecule has 19 heavy (non-hydrogen) atoms. The zero-order valence-corrected chi connectivity index (χ0v) is 13.5. The normalized spacial score (nSPS) is 29.0. The van der Waals surface area contributed by atoms with E-state index in [1.54, 1.807) is 0 Å². The molecule has 3 rings (SSSR count). The molecule has 4 heteroatoms. The highest BCUT2D eigenvalue weighted by Crippen LogP contribution is 2.34. The van der Waals surface area contributed by atoms with Crippen molar-refractivity contribution in [2.45, 2.75) is 51.1 Å². The predicted molar refractivity (Wildman–Crippen MR) is 82.4 cm³/mol. The fourth-order valence-electron chi connectivity index (χ4n) is 3.56. The molecule has 2 fully saturated rings. The average molecular weight is 342 g/mol. The molecule has 2 heterocycles. The van der Waals surface area contributed by atoms with Gasteiger partial charge >= 0.3 is 0 Å². The lowest BCUT2D eigenvalue weighted by Crippen LogP contribution is -2.40. The SMILES string of the molecule is O=C1CCCCC1C1CCCN1Cc1ccc(Br)s1. The van der Waals surface area contributed by atoms with Crippen molar-refractivity contribution in [3.8, 4) is 0 Å². The Labute approximate surface area is 127 Å². The summed E-state index contributed by atoms with van der Waals surface area (Å²) in [7, 11) is 0. The Kier molecular flexibility index (Phi) is 4.40. The first-order valence-electron chi connectivity index (χ1n) is 7.25. The second kappa shape index (κ2) is 6.06. The van der Waals surface area contributed by atoms with Crippen LogP contribution in [0.2, 0.25) is 0 Å². The van der Waals surface area contributed by atoms with Crippen LogP contribution in [0, 0.1) is 5.92 Å². The number of Topliss-reactive ketones (excluding diaryl/α,β-unsaturated/α-hetero) is 1. The van der Waals surface area contributed by atoms with E-state index in [9.17, 15) is 4.79 Å². The summed E-state index contributed by atoms with van der Waals surface area (Å²) >= 11 is 5.34. The van der Waals surface area contributed by atoms with Gasteiger partial charge in [0.1, 0.15) is 5.78 Å². The molecule has 2 aliphatic rings. The molecule has 1 aromatic rings. The van der Waals surface area contributed by atoms with Crippen LogP contribution in [-0.4, -0.2) is 23.3 Å². The number of hydrogen-bond acceptors (Lipinski definition) is 3. The molecule has 1 saturated heterocycles. The lowest BCUT2D eigenvalue weighted by atomic mass is 9.82. The van der Waals surface area contributed by atoms with Gasteiger partial charge in [-0.3, -0.25) is 9.69 Å². The highest BCUT2D eigenvalue weighted by Gasteiger charge is 2.36. The van der Waals surface area contributed by atoms with Crippen molar-refractivity contribution in [3.63, 3.8) is 0 Å². The summed E-state index contributed by atoms with van der Waals surface area (Å²) in [6.45, 7) is 2.18. The molecule has 2 unspecified atom stereocenters. The van der Waals surface area contributed by atoms with E-state index in [0.29, 0.717) is 17.7 Å². The first-order valence-corrected chi connectivity index (χ1v) is 8.86. The van der Waals surface area contributed by atoms with Gasteiger partial charge in [0, 0.05) is 29.8 Å². The maximum Gasteiger partial charge on any atom is 0.137 e. The molecule has 0 aromatic carbocycles. The first kappa shape index (κ1) is 13.8.